The summed E-state index contributed by atoms with van der Waals surface area (Å²) in [4.78, 5) is 13.9. The van der Waals surface area contributed by atoms with E-state index < -0.39 is 0 Å². The lowest BCUT2D eigenvalue weighted by Gasteiger charge is -2.39. The molecule has 1 aromatic carbocycles. The number of aromatic nitrogens is 2. The highest BCUT2D eigenvalue weighted by atomic mass is 16.3. The van der Waals surface area contributed by atoms with Crippen LogP contribution in [0.1, 0.15) is 12.6 Å². The number of furan rings is 1. The van der Waals surface area contributed by atoms with Crippen LogP contribution >= 0.6 is 0 Å². The second kappa shape index (κ2) is 6.64. The predicted octanol–water partition coefficient (Wildman–Crippen LogP) is 3.45. The summed E-state index contributed by atoms with van der Waals surface area (Å²) in [7, 11) is 0. The summed E-state index contributed by atoms with van der Waals surface area (Å²) in [6, 6.07) is 18.7. The van der Waals surface area contributed by atoms with Crippen molar-refractivity contribution in [3.63, 3.8) is 0 Å². The molecule has 0 unspecified atom stereocenters. The van der Waals surface area contributed by atoms with Crippen molar-refractivity contribution in [2.24, 2.45) is 0 Å². The Hall–Kier alpha value is -3.74. The Balaban J connectivity index is 1.52. The normalized spacial score (nSPS) is 17.5. The summed E-state index contributed by atoms with van der Waals surface area (Å²) in [5, 5.41) is 4.36. The largest absolute Gasteiger partial charge is 0.439 e. The average Bonchev–Trinajstić information content (AvgIpc) is 3.26. The van der Waals surface area contributed by atoms with Gasteiger partial charge in [-0.2, -0.15) is 0 Å². The molecule has 0 fully saturated rings. The summed E-state index contributed by atoms with van der Waals surface area (Å²) < 4.78 is 6.07. The van der Waals surface area contributed by atoms with Crippen molar-refractivity contribution in [1.29, 1.82) is 0 Å². The van der Waals surface area contributed by atoms with Crippen molar-refractivity contribution in [3.05, 3.63) is 77.1 Å². The Morgan fingerprint density at radius 3 is 2.71 bits per heavy atom. The molecule has 6 nitrogen and oxygen atoms in total. The number of hydrogen-bond donors (Lipinski definition) is 0. The Morgan fingerprint density at radius 2 is 1.87 bits per heavy atom. The first-order chi connectivity index (χ1) is 15.1. The summed E-state index contributed by atoms with van der Waals surface area (Å²) in [5.41, 5.74) is 4.76. The molecule has 0 bridgehead atoms. The zero-order valence-electron chi connectivity index (χ0n) is 17.7. The standard InChI is InChI=1S/C24H22BN5O/c1-16-11-12-19-20-15-28(25(3)14-22(20)31-24(19)27-16)30-17(2)29(18-8-5-4-6-9-18)21-10-7-13-26-23(21)30/h4-15,17H,1-3H3/t17-/m0/s1. The minimum Gasteiger partial charge on any atom is -0.439 e. The molecule has 2 aliphatic rings. The first-order valence-corrected chi connectivity index (χ1v) is 10.6. The summed E-state index contributed by atoms with van der Waals surface area (Å²) in [6.07, 6.45) is 4.09. The number of nitrogens with zero attached hydrogens (tertiary/aromatic N) is 5. The maximum atomic E-state index is 6.07. The number of benzene rings is 1. The van der Waals surface area contributed by atoms with Crippen LogP contribution in [-0.4, -0.2) is 27.9 Å². The molecule has 4 aromatic rings. The van der Waals surface area contributed by atoms with Crippen LogP contribution in [0.5, 0.6) is 0 Å². The molecule has 2 aliphatic heterocycles. The van der Waals surface area contributed by atoms with Gasteiger partial charge in [-0.25, -0.2) is 9.97 Å². The van der Waals surface area contributed by atoms with Gasteiger partial charge in [0.1, 0.15) is 11.6 Å². The van der Waals surface area contributed by atoms with E-state index >= 15 is 0 Å². The van der Waals surface area contributed by atoms with E-state index in [1.165, 1.54) is 0 Å². The van der Waals surface area contributed by atoms with E-state index in [2.05, 4.69) is 82.1 Å². The van der Waals surface area contributed by atoms with E-state index in [-0.39, 0.29) is 13.0 Å². The predicted molar refractivity (Wildman–Crippen MR) is 125 cm³/mol. The number of aryl methyl sites for hydroxylation is 1. The highest BCUT2D eigenvalue weighted by Crippen LogP contribution is 2.43. The summed E-state index contributed by atoms with van der Waals surface area (Å²) in [6.45, 7) is 6.47. The molecule has 0 spiro atoms. The number of hydrazine groups is 1. The third kappa shape index (κ3) is 2.66. The van der Waals surface area contributed by atoms with Crippen LogP contribution in [0.2, 0.25) is 6.82 Å². The van der Waals surface area contributed by atoms with Crippen LogP contribution in [0.3, 0.4) is 0 Å². The fourth-order valence-corrected chi connectivity index (χ4v) is 4.65. The maximum absolute atomic E-state index is 6.07. The van der Waals surface area contributed by atoms with Gasteiger partial charge in [-0.3, -0.25) is 5.01 Å². The quantitative estimate of drug-likeness (QED) is 0.475. The van der Waals surface area contributed by atoms with Gasteiger partial charge in [-0.1, -0.05) is 25.0 Å². The molecular formula is C24H22BN5O. The molecule has 152 valence electrons. The average molecular weight is 407 g/mol. The molecule has 0 amide bonds. The van der Waals surface area contributed by atoms with Gasteiger partial charge in [-0.05, 0) is 56.2 Å². The van der Waals surface area contributed by atoms with Crippen LogP contribution in [0.25, 0.3) is 23.3 Å². The maximum Gasteiger partial charge on any atom is 0.306 e. The van der Waals surface area contributed by atoms with Crippen molar-refractivity contribution in [2.75, 3.05) is 9.91 Å². The molecule has 0 saturated carbocycles. The van der Waals surface area contributed by atoms with E-state index in [0.29, 0.717) is 5.71 Å². The van der Waals surface area contributed by atoms with Crippen LogP contribution < -0.4 is 20.5 Å². The summed E-state index contributed by atoms with van der Waals surface area (Å²) in [5.74, 6) is 3.10. The van der Waals surface area contributed by atoms with Gasteiger partial charge >= 0.3 is 6.85 Å². The first kappa shape index (κ1) is 18.1. The number of para-hydroxylation sites is 1. The lowest BCUT2D eigenvalue weighted by molar-refractivity contribution is 0.491. The number of anilines is 3. The van der Waals surface area contributed by atoms with E-state index in [9.17, 15) is 0 Å². The first-order valence-electron chi connectivity index (χ1n) is 10.6. The minimum absolute atomic E-state index is 0.0551. The van der Waals surface area contributed by atoms with E-state index in [1.807, 2.05) is 31.3 Å². The molecular weight excluding hydrogens is 385 g/mol. The molecule has 31 heavy (non-hydrogen) atoms. The van der Waals surface area contributed by atoms with Crippen molar-refractivity contribution < 1.29 is 4.42 Å². The highest BCUT2D eigenvalue weighted by molar-refractivity contribution is 6.70. The van der Waals surface area contributed by atoms with Crippen molar-refractivity contribution >= 4 is 47.3 Å². The van der Waals surface area contributed by atoms with Crippen molar-refractivity contribution in [1.82, 2.24) is 14.9 Å². The summed E-state index contributed by atoms with van der Waals surface area (Å²) >= 11 is 0. The van der Waals surface area contributed by atoms with Crippen LogP contribution in [-0.2, 0) is 0 Å². The van der Waals surface area contributed by atoms with Gasteiger partial charge in [0.25, 0.3) is 0 Å². The van der Waals surface area contributed by atoms with Crippen LogP contribution in [0.15, 0.2) is 65.2 Å². The Bertz CT molecular complexity index is 1420. The van der Waals surface area contributed by atoms with Gasteiger partial charge in [0.2, 0.25) is 5.71 Å². The van der Waals surface area contributed by atoms with E-state index in [1.54, 1.807) is 0 Å². The van der Waals surface area contributed by atoms with Crippen LogP contribution in [0, 0.1) is 6.92 Å². The van der Waals surface area contributed by atoms with Crippen LogP contribution in [0.4, 0.5) is 17.2 Å². The lowest BCUT2D eigenvalue weighted by atomic mass is 9.63. The van der Waals surface area contributed by atoms with Crippen molar-refractivity contribution in [2.45, 2.75) is 26.8 Å². The van der Waals surface area contributed by atoms with E-state index in [4.69, 9.17) is 9.40 Å². The fourth-order valence-electron chi connectivity index (χ4n) is 4.65. The van der Waals surface area contributed by atoms with Crippen molar-refractivity contribution in [3.8, 4) is 0 Å². The third-order valence-corrected chi connectivity index (χ3v) is 6.09. The van der Waals surface area contributed by atoms with Gasteiger partial charge < -0.3 is 14.2 Å². The molecule has 0 aliphatic carbocycles. The lowest BCUT2D eigenvalue weighted by Crippen LogP contribution is -2.55. The zero-order chi connectivity index (χ0) is 21.1. The van der Waals surface area contributed by atoms with Gasteiger partial charge in [-0.15, -0.1) is 0 Å². The molecule has 0 radical (unpaired) electrons. The monoisotopic (exact) mass is 407 g/mol. The molecule has 0 N–H and O–H groups in total. The van der Waals surface area contributed by atoms with Gasteiger partial charge in [0.05, 0.1) is 5.69 Å². The van der Waals surface area contributed by atoms with Gasteiger partial charge in [0, 0.05) is 34.4 Å². The SMILES string of the molecule is CB1C=c2oc3nc(C)ccc3c2=CN1N1c2ncccc2N(c2ccccc2)[C@@H]1C. The Morgan fingerprint density at radius 1 is 1.03 bits per heavy atom. The zero-order valence-corrected chi connectivity index (χ0v) is 17.7. The topological polar surface area (TPSA) is 48.6 Å². The molecule has 7 heteroatoms. The Labute approximate surface area is 180 Å². The minimum atomic E-state index is 0.0551. The second-order valence-corrected chi connectivity index (χ2v) is 8.13. The number of rotatable bonds is 2. The molecule has 5 heterocycles. The highest BCUT2D eigenvalue weighted by Gasteiger charge is 2.40. The third-order valence-electron chi connectivity index (χ3n) is 6.09. The molecule has 0 saturated heterocycles. The second-order valence-electron chi connectivity index (χ2n) is 8.13. The molecule has 3 aromatic heterocycles. The van der Waals surface area contributed by atoms with Gasteiger partial charge in [0.15, 0.2) is 5.82 Å². The van der Waals surface area contributed by atoms with E-state index in [0.717, 1.165) is 38.9 Å². The molecule has 1 atom stereocenters. The fraction of sp³-hybridized carbons (Fsp3) is 0.167. The number of fused-ring (bicyclic) bond motifs is 4. The Kier molecular flexibility index (Phi) is 3.87. The molecule has 6 rings (SSSR count). The number of pyridine rings is 2. The smallest absolute Gasteiger partial charge is 0.306 e. The number of hydrogen-bond acceptors (Lipinski definition) is 6.